The van der Waals surface area contributed by atoms with Crippen molar-refractivity contribution in [2.45, 2.75) is 12.8 Å². The number of Topliss-reactive ketones (excluding diaryl/α,β-unsaturated/α-hetero) is 1. The minimum absolute atomic E-state index is 0.323. The highest BCUT2D eigenvalue weighted by Gasteiger charge is 2.17. The first-order valence-electron chi connectivity index (χ1n) is 5.20. The average Bonchev–Trinajstić information content (AvgIpc) is 2.29. The van der Waals surface area contributed by atoms with E-state index in [4.69, 9.17) is 4.74 Å². The third-order valence-electron chi connectivity index (χ3n) is 2.67. The summed E-state index contributed by atoms with van der Waals surface area (Å²) < 4.78 is 5.16. The number of methoxy groups -OCH3 is 1. The molecule has 0 amide bonds. The summed E-state index contributed by atoms with van der Waals surface area (Å²) in [6, 6.07) is 7.85. The van der Waals surface area contributed by atoms with Crippen LogP contribution in [-0.4, -0.2) is 26.0 Å². The van der Waals surface area contributed by atoms with Crippen molar-refractivity contribution >= 4 is 11.5 Å². The van der Waals surface area contributed by atoms with Crippen LogP contribution in [0, 0.1) is 0 Å². The van der Waals surface area contributed by atoms with Gasteiger partial charge in [-0.1, -0.05) is 6.07 Å². The quantitative estimate of drug-likeness (QED) is 0.738. The second-order valence-electron chi connectivity index (χ2n) is 3.77. The minimum Gasteiger partial charge on any atom is -0.497 e. The third kappa shape index (κ3) is 2.29. The van der Waals surface area contributed by atoms with Crippen LogP contribution >= 0.6 is 0 Å². The van der Waals surface area contributed by atoms with Gasteiger partial charge >= 0.3 is 0 Å². The van der Waals surface area contributed by atoms with Crippen molar-refractivity contribution in [3.05, 3.63) is 24.3 Å². The predicted octanol–water partition coefficient (Wildman–Crippen LogP) is 1.86. The normalized spacial score (nSPS) is 16.6. The molecule has 1 aromatic rings. The first-order chi connectivity index (χ1) is 7.29. The molecule has 0 aromatic heterocycles. The van der Waals surface area contributed by atoms with Gasteiger partial charge in [-0.3, -0.25) is 4.79 Å². The lowest BCUT2D eigenvalue weighted by molar-refractivity contribution is -0.118. The fourth-order valence-corrected chi connectivity index (χ4v) is 1.87. The number of rotatable bonds is 2. The fourth-order valence-electron chi connectivity index (χ4n) is 1.87. The zero-order valence-electron chi connectivity index (χ0n) is 8.90. The van der Waals surface area contributed by atoms with Crippen LogP contribution in [0.4, 0.5) is 5.69 Å². The van der Waals surface area contributed by atoms with Gasteiger partial charge in [0.25, 0.3) is 0 Å². The SMILES string of the molecule is COc1cccc(N2CCCC(=O)C2)c1. The van der Waals surface area contributed by atoms with Gasteiger partial charge in [-0.05, 0) is 18.6 Å². The van der Waals surface area contributed by atoms with Crippen LogP contribution in [0.25, 0.3) is 0 Å². The van der Waals surface area contributed by atoms with Gasteiger partial charge in [-0.25, -0.2) is 0 Å². The maximum absolute atomic E-state index is 11.3. The van der Waals surface area contributed by atoms with Gasteiger partial charge in [0.1, 0.15) is 5.75 Å². The van der Waals surface area contributed by atoms with Crippen LogP contribution in [0.5, 0.6) is 5.75 Å². The van der Waals surface area contributed by atoms with Crippen molar-refractivity contribution in [2.75, 3.05) is 25.1 Å². The Morgan fingerprint density at radius 3 is 3.00 bits per heavy atom. The first-order valence-corrected chi connectivity index (χ1v) is 5.20. The number of ether oxygens (including phenoxy) is 1. The molecule has 0 spiro atoms. The number of hydrogen-bond donors (Lipinski definition) is 0. The Labute approximate surface area is 89.7 Å². The Kier molecular flexibility index (Phi) is 2.90. The first kappa shape index (κ1) is 10.0. The molecule has 3 heteroatoms. The molecule has 0 atom stereocenters. The molecule has 2 rings (SSSR count). The van der Waals surface area contributed by atoms with Crippen LogP contribution in [0.2, 0.25) is 0 Å². The average molecular weight is 205 g/mol. The van der Waals surface area contributed by atoms with Crippen molar-refractivity contribution in [3.63, 3.8) is 0 Å². The number of carbonyl (C=O) groups excluding carboxylic acids is 1. The van der Waals surface area contributed by atoms with E-state index >= 15 is 0 Å². The zero-order chi connectivity index (χ0) is 10.7. The van der Waals surface area contributed by atoms with E-state index in [1.807, 2.05) is 24.3 Å². The summed E-state index contributed by atoms with van der Waals surface area (Å²) in [6.45, 7) is 1.49. The zero-order valence-corrected chi connectivity index (χ0v) is 8.90. The van der Waals surface area contributed by atoms with E-state index < -0.39 is 0 Å². The molecule has 0 bridgehead atoms. The topological polar surface area (TPSA) is 29.5 Å². The maximum Gasteiger partial charge on any atom is 0.152 e. The van der Waals surface area contributed by atoms with Gasteiger partial charge in [-0.15, -0.1) is 0 Å². The lowest BCUT2D eigenvalue weighted by atomic mass is 10.1. The molecule has 3 nitrogen and oxygen atoms in total. The van der Waals surface area contributed by atoms with Crippen molar-refractivity contribution in [3.8, 4) is 5.75 Å². The molecule has 0 unspecified atom stereocenters. The van der Waals surface area contributed by atoms with E-state index in [2.05, 4.69) is 4.90 Å². The molecule has 0 N–H and O–H groups in total. The molecule has 1 aliphatic heterocycles. The number of nitrogens with zero attached hydrogens (tertiary/aromatic N) is 1. The van der Waals surface area contributed by atoms with Gasteiger partial charge in [0.15, 0.2) is 5.78 Å². The Bertz CT molecular complexity index is 362. The molecule has 15 heavy (non-hydrogen) atoms. The second-order valence-corrected chi connectivity index (χ2v) is 3.77. The highest BCUT2D eigenvalue weighted by Crippen LogP contribution is 2.22. The summed E-state index contributed by atoms with van der Waals surface area (Å²) >= 11 is 0. The van der Waals surface area contributed by atoms with Crippen LogP contribution in [0.3, 0.4) is 0 Å². The monoisotopic (exact) mass is 205 g/mol. The smallest absolute Gasteiger partial charge is 0.152 e. The van der Waals surface area contributed by atoms with E-state index in [9.17, 15) is 4.79 Å². The summed E-state index contributed by atoms with van der Waals surface area (Å²) in [6.07, 6.45) is 1.68. The highest BCUT2D eigenvalue weighted by molar-refractivity contribution is 5.84. The van der Waals surface area contributed by atoms with Crippen molar-refractivity contribution in [1.29, 1.82) is 0 Å². The van der Waals surface area contributed by atoms with Crippen molar-refractivity contribution < 1.29 is 9.53 Å². The summed E-state index contributed by atoms with van der Waals surface area (Å²) in [4.78, 5) is 13.4. The molecule has 1 aromatic carbocycles. The standard InChI is InChI=1S/C12H15NO2/c1-15-12-6-2-4-10(8-12)13-7-3-5-11(14)9-13/h2,4,6,8H,3,5,7,9H2,1H3. The van der Waals surface area contributed by atoms with E-state index in [-0.39, 0.29) is 0 Å². The number of benzene rings is 1. The Morgan fingerprint density at radius 2 is 2.27 bits per heavy atom. The Hall–Kier alpha value is -1.51. The van der Waals surface area contributed by atoms with Crippen molar-refractivity contribution in [2.24, 2.45) is 0 Å². The van der Waals surface area contributed by atoms with Crippen LogP contribution < -0.4 is 9.64 Å². The van der Waals surface area contributed by atoms with E-state index in [0.29, 0.717) is 12.3 Å². The molecule has 1 heterocycles. The van der Waals surface area contributed by atoms with E-state index in [1.54, 1.807) is 7.11 Å². The molecular weight excluding hydrogens is 190 g/mol. The van der Waals surface area contributed by atoms with E-state index in [1.165, 1.54) is 0 Å². The number of ketones is 1. The largest absolute Gasteiger partial charge is 0.497 e. The number of carbonyl (C=O) groups is 1. The van der Waals surface area contributed by atoms with Gasteiger partial charge in [-0.2, -0.15) is 0 Å². The number of piperidine rings is 1. The molecule has 0 aliphatic carbocycles. The van der Waals surface area contributed by atoms with Crippen LogP contribution in [0.1, 0.15) is 12.8 Å². The molecule has 1 aliphatic rings. The molecule has 0 saturated carbocycles. The van der Waals surface area contributed by atoms with Gasteiger partial charge in [0.2, 0.25) is 0 Å². The number of anilines is 1. The molecule has 0 radical (unpaired) electrons. The molecule has 1 saturated heterocycles. The van der Waals surface area contributed by atoms with Gasteiger partial charge in [0, 0.05) is 24.7 Å². The number of hydrogen-bond acceptors (Lipinski definition) is 3. The van der Waals surface area contributed by atoms with Gasteiger partial charge < -0.3 is 9.64 Å². The Morgan fingerprint density at radius 1 is 1.40 bits per heavy atom. The van der Waals surface area contributed by atoms with Crippen LogP contribution in [-0.2, 0) is 4.79 Å². The van der Waals surface area contributed by atoms with Crippen LogP contribution in [0.15, 0.2) is 24.3 Å². The predicted molar refractivity (Wildman–Crippen MR) is 59.4 cm³/mol. The minimum atomic E-state index is 0.323. The maximum atomic E-state index is 11.3. The third-order valence-corrected chi connectivity index (χ3v) is 2.67. The highest BCUT2D eigenvalue weighted by atomic mass is 16.5. The second kappa shape index (κ2) is 4.34. The van der Waals surface area contributed by atoms with Crippen molar-refractivity contribution in [1.82, 2.24) is 0 Å². The van der Waals surface area contributed by atoms with E-state index in [0.717, 1.165) is 30.8 Å². The fraction of sp³-hybridized carbons (Fsp3) is 0.417. The molecular formula is C12H15NO2. The summed E-state index contributed by atoms with van der Waals surface area (Å²) in [5, 5.41) is 0. The molecule has 80 valence electrons. The summed E-state index contributed by atoms with van der Waals surface area (Å²) in [5.41, 5.74) is 1.07. The summed E-state index contributed by atoms with van der Waals surface area (Å²) in [7, 11) is 1.65. The lowest BCUT2D eigenvalue weighted by Gasteiger charge is -2.28. The van der Waals surface area contributed by atoms with Gasteiger partial charge in [0.05, 0.1) is 13.7 Å². The molecule has 1 fully saturated rings. The lowest BCUT2D eigenvalue weighted by Crippen LogP contribution is -2.35. The summed E-state index contributed by atoms with van der Waals surface area (Å²) in [5.74, 6) is 1.16. The Balaban J connectivity index is 2.17.